The largest absolute Gasteiger partial charge is 0.518 e. The van der Waals surface area contributed by atoms with Crippen LogP contribution in [0.4, 0.5) is 0 Å². The van der Waals surface area contributed by atoms with Crippen molar-refractivity contribution < 1.29 is 18.4 Å². The lowest BCUT2D eigenvalue weighted by Crippen LogP contribution is -2.66. The molecule has 0 aliphatic rings. The van der Waals surface area contributed by atoms with Crippen LogP contribution in [0.5, 0.6) is 0 Å². The topological polar surface area (TPSA) is 52.6 Å². The highest BCUT2D eigenvalue weighted by molar-refractivity contribution is 6.97. The normalized spacial score (nSPS) is 14.7. The van der Waals surface area contributed by atoms with E-state index in [1.807, 2.05) is 0 Å². The number of hydrogen-bond acceptors (Lipinski definition) is 4. The van der Waals surface area contributed by atoms with E-state index in [0.717, 1.165) is 0 Å². The zero-order chi connectivity index (χ0) is 22.3. The summed E-state index contributed by atoms with van der Waals surface area (Å²) < 4.78 is 12.7. The Balaban J connectivity index is 7.07. The summed E-state index contributed by atoms with van der Waals surface area (Å²) in [5, 5.41) is -0.810. The van der Waals surface area contributed by atoms with E-state index in [1.165, 1.54) is 13.8 Å². The minimum absolute atomic E-state index is 0.203. The highest BCUT2D eigenvalue weighted by Gasteiger charge is 2.68. The number of carbonyl (C=O) groups is 2. The average molecular weight is 417 g/mol. The maximum atomic E-state index is 12.3. The Labute approximate surface area is 170 Å². The van der Waals surface area contributed by atoms with Gasteiger partial charge in [0.25, 0.3) is 28.6 Å². The summed E-state index contributed by atoms with van der Waals surface area (Å²) in [4.78, 5) is 24.6. The second kappa shape index (κ2) is 7.66. The van der Waals surface area contributed by atoms with Crippen molar-refractivity contribution in [1.29, 1.82) is 0 Å². The molecular formula is C21H44O4Si2. The molecule has 0 bridgehead atoms. The van der Waals surface area contributed by atoms with Gasteiger partial charge in [0.1, 0.15) is 0 Å². The van der Waals surface area contributed by atoms with E-state index >= 15 is 0 Å². The molecule has 0 radical (unpaired) electrons. The molecule has 0 aliphatic heterocycles. The molecule has 0 aromatic heterocycles. The van der Waals surface area contributed by atoms with E-state index < -0.39 is 16.6 Å². The van der Waals surface area contributed by atoms with Crippen LogP contribution in [0.3, 0.4) is 0 Å². The third-order valence-electron chi connectivity index (χ3n) is 5.98. The van der Waals surface area contributed by atoms with Gasteiger partial charge in [-0.2, -0.15) is 0 Å². The van der Waals surface area contributed by atoms with Crippen LogP contribution in [0, 0.1) is 0 Å². The van der Waals surface area contributed by atoms with Gasteiger partial charge in [-0.1, -0.05) is 83.1 Å². The van der Waals surface area contributed by atoms with Crippen molar-refractivity contribution in [3.8, 4) is 0 Å². The molecule has 0 aromatic rings. The quantitative estimate of drug-likeness (QED) is 0.476. The molecule has 4 nitrogen and oxygen atoms in total. The molecule has 0 unspecified atom stereocenters. The van der Waals surface area contributed by atoms with Gasteiger partial charge in [0.2, 0.25) is 0 Å². The minimum atomic E-state index is -2.75. The van der Waals surface area contributed by atoms with Crippen LogP contribution in [0.2, 0.25) is 25.8 Å². The first kappa shape index (κ1) is 26.4. The van der Waals surface area contributed by atoms with Crippen molar-refractivity contribution in [2.75, 3.05) is 0 Å². The fourth-order valence-corrected chi connectivity index (χ4v) is 23.4. The fourth-order valence-electron chi connectivity index (χ4n) is 4.84. The molecule has 0 rings (SSSR count). The highest BCUT2D eigenvalue weighted by Crippen LogP contribution is 2.62. The van der Waals surface area contributed by atoms with Crippen LogP contribution >= 0.6 is 0 Å². The van der Waals surface area contributed by atoms with Crippen molar-refractivity contribution in [3.05, 3.63) is 0 Å². The SMILES string of the molecule is CC(=O)O[Si](C[Si](OC(C)=O)(C(C)(C)C)C(C)(C)C)(C(C)(C)C)C(C)(C)C. The molecule has 6 heteroatoms. The Bertz CT molecular complexity index is 477. The molecule has 0 saturated heterocycles. The van der Waals surface area contributed by atoms with E-state index in [2.05, 4.69) is 83.1 Å². The first-order chi connectivity index (χ1) is 11.5. The standard InChI is InChI=1S/C21H44O4Si2/c1-16(22)24-26(18(3,4)5,19(6,7)8)15-27(20(9,10)11,21(12,13)14)25-17(2)23/h15H2,1-14H3. The summed E-state index contributed by atoms with van der Waals surface area (Å²) in [6.07, 6.45) is 0. The predicted octanol–water partition coefficient (Wildman–Crippen LogP) is 6.74. The molecule has 0 saturated carbocycles. The summed E-state index contributed by atoms with van der Waals surface area (Å²) in [6.45, 7) is 29.1. The lowest BCUT2D eigenvalue weighted by molar-refractivity contribution is -0.133. The minimum Gasteiger partial charge on any atom is -0.518 e. The molecule has 0 aromatic carbocycles. The second-order valence-corrected chi connectivity index (χ2v) is 23.1. The summed E-state index contributed by atoms with van der Waals surface area (Å²) in [7, 11) is -5.50. The number of carbonyl (C=O) groups excluding carboxylic acids is 2. The smallest absolute Gasteiger partial charge is 0.289 e. The van der Waals surface area contributed by atoms with Crippen LogP contribution < -0.4 is 0 Å². The number of hydrogen-bond donors (Lipinski definition) is 0. The van der Waals surface area contributed by atoms with Gasteiger partial charge < -0.3 is 8.85 Å². The lowest BCUT2D eigenvalue weighted by atomic mass is 10.2. The van der Waals surface area contributed by atoms with Gasteiger partial charge in [-0.25, -0.2) is 0 Å². The Hall–Kier alpha value is -0.626. The molecule has 0 fully saturated rings. The Morgan fingerprint density at radius 3 is 0.852 bits per heavy atom. The van der Waals surface area contributed by atoms with Gasteiger partial charge in [0.15, 0.2) is 0 Å². The van der Waals surface area contributed by atoms with E-state index in [9.17, 15) is 9.59 Å². The van der Waals surface area contributed by atoms with Gasteiger partial charge >= 0.3 is 0 Å². The molecule has 0 heterocycles. The summed E-state index contributed by atoms with van der Waals surface area (Å²) >= 11 is 0. The summed E-state index contributed by atoms with van der Waals surface area (Å²) in [5.41, 5.74) is 0.694. The zero-order valence-electron chi connectivity index (χ0n) is 20.3. The third kappa shape index (κ3) is 5.25. The second-order valence-electron chi connectivity index (χ2n) is 12.0. The van der Waals surface area contributed by atoms with Gasteiger partial charge in [-0.15, -0.1) is 0 Å². The van der Waals surface area contributed by atoms with Gasteiger partial charge in [0.05, 0.1) is 0 Å². The van der Waals surface area contributed by atoms with Gasteiger partial charge in [0, 0.05) is 19.5 Å². The molecule has 0 atom stereocenters. The van der Waals surface area contributed by atoms with E-state index in [4.69, 9.17) is 8.85 Å². The maximum absolute atomic E-state index is 12.3. The van der Waals surface area contributed by atoms with Gasteiger partial charge in [-0.3, -0.25) is 9.59 Å². The van der Waals surface area contributed by atoms with E-state index in [1.54, 1.807) is 0 Å². The van der Waals surface area contributed by atoms with Crippen molar-refractivity contribution in [1.82, 2.24) is 0 Å². The monoisotopic (exact) mass is 416 g/mol. The first-order valence-corrected chi connectivity index (χ1v) is 14.2. The highest BCUT2D eigenvalue weighted by atomic mass is 28.4. The van der Waals surface area contributed by atoms with Crippen molar-refractivity contribution in [3.63, 3.8) is 0 Å². The Morgan fingerprint density at radius 1 is 0.556 bits per heavy atom. The van der Waals surface area contributed by atoms with E-state index in [0.29, 0.717) is 5.67 Å². The van der Waals surface area contributed by atoms with E-state index in [-0.39, 0.29) is 32.1 Å². The van der Waals surface area contributed by atoms with Crippen LogP contribution in [-0.2, 0) is 18.4 Å². The van der Waals surface area contributed by atoms with Crippen molar-refractivity contribution >= 4 is 28.6 Å². The average Bonchev–Trinajstić information content (AvgIpc) is 2.29. The predicted molar refractivity (Wildman–Crippen MR) is 119 cm³/mol. The Morgan fingerprint density at radius 2 is 0.741 bits per heavy atom. The molecular weight excluding hydrogens is 372 g/mol. The molecule has 0 spiro atoms. The molecule has 27 heavy (non-hydrogen) atoms. The zero-order valence-corrected chi connectivity index (χ0v) is 22.3. The van der Waals surface area contributed by atoms with Crippen LogP contribution in [0.1, 0.15) is 96.9 Å². The lowest BCUT2D eigenvalue weighted by Gasteiger charge is -2.58. The first-order valence-electron chi connectivity index (χ1n) is 9.93. The molecule has 0 aliphatic carbocycles. The fraction of sp³-hybridized carbons (Fsp3) is 0.905. The molecule has 0 N–H and O–H groups in total. The van der Waals surface area contributed by atoms with Crippen LogP contribution in [-0.4, -0.2) is 28.6 Å². The van der Waals surface area contributed by atoms with Gasteiger partial charge in [-0.05, 0) is 20.2 Å². The van der Waals surface area contributed by atoms with Crippen LogP contribution in [0.25, 0.3) is 0 Å². The summed E-state index contributed by atoms with van der Waals surface area (Å²) in [6, 6.07) is 0. The third-order valence-corrected chi connectivity index (χ3v) is 20.9. The Kier molecular flexibility index (Phi) is 7.48. The van der Waals surface area contributed by atoms with Crippen molar-refractivity contribution in [2.24, 2.45) is 0 Å². The maximum Gasteiger partial charge on any atom is 0.289 e. The van der Waals surface area contributed by atoms with Crippen molar-refractivity contribution in [2.45, 2.75) is 123 Å². The van der Waals surface area contributed by atoms with Crippen LogP contribution in [0.15, 0.2) is 0 Å². The molecule has 0 amide bonds. The molecule has 160 valence electrons. The number of rotatable bonds is 4. The summed E-state index contributed by atoms with van der Waals surface area (Å²) in [5.74, 6) is -0.472.